The van der Waals surface area contributed by atoms with E-state index in [9.17, 15) is 8.42 Å². The van der Waals surface area contributed by atoms with Crippen molar-refractivity contribution < 1.29 is 8.42 Å². The first-order valence-corrected chi connectivity index (χ1v) is 8.42. The Morgan fingerprint density at radius 3 is 2.33 bits per heavy atom. The standard InChI is InChI=1S/C16H20N2O2S/c1-17-21(19,20)16-12-6-5-11-15(16)18-13-7-10-14-8-3-2-4-9-14/h2-6,8-9,11-12,17-18H,7,10,13H2,1H3. The molecule has 0 spiro atoms. The molecule has 0 fully saturated rings. The first-order chi connectivity index (χ1) is 10.1. The van der Waals surface area contributed by atoms with Gasteiger partial charge in [-0.1, -0.05) is 42.5 Å². The molecule has 0 radical (unpaired) electrons. The zero-order valence-electron chi connectivity index (χ0n) is 12.0. The number of aryl methyl sites for hydroxylation is 1. The summed E-state index contributed by atoms with van der Waals surface area (Å²) < 4.78 is 26.2. The van der Waals surface area contributed by atoms with Crippen LogP contribution in [0.5, 0.6) is 0 Å². The van der Waals surface area contributed by atoms with Gasteiger partial charge in [-0.3, -0.25) is 0 Å². The molecule has 0 aromatic heterocycles. The summed E-state index contributed by atoms with van der Waals surface area (Å²) in [4.78, 5) is 0.284. The van der Waals surface area contributed by atoms with Gasteiger partial charge >= 0.3 is 0 Å². The Balaban J connectivity index is 1.95. The van der Waals surface area contributed by atoms with Gasteiger partial charge in [-0.15, -0.1) is 0 Å². The van der Waals surface area contributed by atoms with Crippen LogP contribution in [0.25, 0.3) is 0 Å². The molecule has 0 atom stereocenters. The van der Waals surface area contributed by atoms with Crippen molar-refractivity contribution in [3.63, 3.8) is 0 Å². The average Bonchev–Trinajstić information content (AvgIpc) is 2.53. The molecule has 0 unspecified atom stereocenters. The van der Waals surface area contributed by atoms with Crippen molar-refractivity contribution >= 4 is 15.7 Å². The predicted octanol–water partition coefficient (Wildman–Crippen LogP) is 2.64. The molecule has 2 aromatic rings. The van der Waals surface area contributed by atoms with Gasteiger partial charge in [0.2, 0.25) is 10.0 Å². The minimum atomic E-state index is -3.43. The SMILES string of the molecule is CNS(=O)(=O)c1ccccc1NCCCc1ccccc1. The first kappa shape index (κ1) is 15.5. The van der Waals surface area contributed by atoms with E-state index >= 15 is 0 Å². The lowest BCUT2D eigenvalue weighted by atomic mass is 10.1. The number of hydrogen-bond donors (Lipinski definition) is 2. The van der Waals surface area contributed by atoms with Crippen LogP contribution in [-0.2, 0) is 16.4 Å². The number of benzene rings is 2. The fourth-order valence-corrected chi connectivity index (χ4v) is 3.02. The second-order valence-corrected chi connectivity index (χ2v) is 6.57. The molecule has 0 aliphatic carbocycles. The molecular weight excluding hydrogens is 284 g/mol. The molecule has 0 saturated heterocycles. The Hall–Kier alpha value is -1.85. The second-order valence-electron chi connectivity index (χ2n) is 4.72. The molecule has 0 heterocycles. The topological polar surface area (TPSA) is 58.2 Å². The molecule has 2 rings (SSSR count). The van der Waals surface area contributed by atoms with Gasteiger partial charge < -0.3 is 5.32 Å². The zero-order valence-corrected chi connectivity index (χ0v) is 12.9. The fraction of sp³-hybridized carbons (Fsp3) is 0.250. The minimum absolute atomic E-state index is 0.284. The highest BCUT2D eigenvalue weighted by Crippen LogP contribution is 2.20. The van der Waals surface area contributed by atoms with E-state index in [0.29, 0.717) is 5.69 Å². The van der Waals surface area contributed by atoms with E-state index in [1.165, 1.54) is 12.6 Å². The highest BCUT2D eigenvalue weighted by Gasteiger charge is 2.15. The van der Waals surface area contributed by atoms with Crippen molar-refractivity contribution in [2.24, 2.45) is 0 Å². The van der Waals surface area contributed by atoms with Crippen LogP contribution in [0.3, 0.4) is 0 Å². The third-order valence-corrected chi connectivity index (χ3v) is 4.72. The van der Waals surface area contributed by atoms with E-state index in [4.69, 9.17) is 0 Å². The molecule has 4 nitrogen and oxygen atoms in total. The summed E-state index contributed by atoms with van der Waals surface area (Å²) in [5.74, 6) is 0. The predicted molar refractivity (Wildman–Crippen MR) is 85.9 cm³/mol. The molecule has 0 saturated carbocycles. The summed E-state index contributed by atoms with van der Waals surface area (Å²) in [6.07, 6.45) is 1.91. The lowest BCUT2D eigenvalue weighted by Gasteiger charge is -2.11. The van der Waals surface area contributed by atoms with Gasteiger partial charge in [0.1, 0.15) is 4.90 Å². The van der Waals surface area contributed by atoms with Crippen molar-refractivity contribution in [3.8, 4) is 0 Å². The van der Waals surface area contributed by atoms with Crippen molar-refractivity contribution in [2.75, 3.05) is 18.9 Å². The summed E-state index contributed by atoms with van der Waals surface area (Å²) in [7, 11) is -2.01. The van der Waals surface area contributed by atoms with Crippen LogP contribution in [0.4, 0.5) is 5.69 Å². The van der Waals surface area contributed by atoms with E-state index in [-0.39, 0.29) is 4.90 Å². The maximum absolute atomic E-state index is 11.9. The third-order valence-electron chi connectivity index (χ3n) is 3.25. The summed E-state index contributed by atoms with van der Waals surface area (Å²) in [6, 6.07) is 17.2. The summed E-state index contributed by atoms with van der Waals surface area (Å²) >= 11 is 0. The van der Waals surface area contributed by atoms with Gasteiger partial charge in [-0.25, -0.2) is 13.1 Å². The van der Waals surface area contributed by atoms with Gasteiger partial charge in [0.15, 0.2) is 0 Å². The molecule has 21 heavy (non-hydrogen) atoms. The molecule has 2 N–H and O–H groups in total. The largest absolute Gasteiger partial charge is 0.384 e. The molecule has 5 heteroatoms. The number of rotatable bonds is 7. The molecule has 2 aromatic carbocycles. The Kier molecular flexibility index (Phi) is 5.36. The number of anilines is 1. The molecule has 0 aliphatic rings. The summed E-state index contributed by atoms with van der Waals surface area (Å²) in [5.41, 5.74) is 1.93. The monoisotopic (exact) mass is 304 g/mol. The Bertz CT molecular complexity index is 670. The van der Waals surface area contributed by atoms with Crippen LogP contribution < -0.4 is 10.0 Å². The van der Waals surface area contributed by atoms with Crippen LogP contribution in [0.1, 0.15) is 12.0 Å². The quantitative estimate of drug-likeness (QED) is 0.773. The minimum Gasteiger partial charge on any atom is -0.384 e. The van der Waals surface area contributed by atoms with Crippen LogP contribution >= 0.6 is 0 Å². The third kappa shape index (κ3) is 4.31. The van der Waals surface area contributed by atoms with E-state index < -0.39 is 10.0 Å². The lowest BCUT2D eigenvalue weighted by Crippen LogP contribution is -2.20. The van der Waals surface area contributed by atoms with Crippen molar-refractivity contribution in [2.45, 2.75) is 17.7 Å². The van der Waals surface area contributed by atoms with E-state index in [0.717, 1.165) is 19.4 Å². The first-order valence-electron chi connectivity index (χ1n) is 6.94. The second kappa shape index (κ2) is 7.24. The van der Waals surface area contributed by atoms with E-state index in [1.807, 2.05) is 24.3 Å². The van der Waals surface area contributed by atoms with Gasteiger partial charge in [0.05, 0.1) is 5.69 Å². The number of sulfonamides is 1. The number of para-hydroxylation sites is 1. The van der Waals surface area contributed by atoms with Crippen LogP contribution in [-0.4, -0.2) is 22.0 Å². The maximum atomic E-state index is 11.9. The lowest BCUT2D eigenvalue weighted by molar-refractivity contribution is 0.588. The van der Waals surface area contributed by atoms with Gasteiger partial charge in [-0.2, -0.15) is 0 Å². The highest BCUT2D eigenvalue weighted by molar-refractivity contribution is 7.89. The van der Waals surface area contributed by atoms with Crippen molar-refractivity contribution in [3.05, 3.63) is 60.2 Å². The molecule has 0 aliphatic heterocycles. The fourth-order valence-electron chi connectivity index (χ4n) is 2.12. The summed E-state index contributed by atoms with van der Waals surface area (Å²) in [5, 5.41) is 3.20. The Labute approximate surface area is 126 Å². The van der Waals surface area contributed by atoms with Crippen LogP contribution in [0, 0.1) is 0 Å². The number of hydrogen-bond acceptors (Lipinski definition) is 3. The molecule has 0 amide bonds. The Morgan fingerprint density at radius 2 is 1.62 bits per heavy atom. The van der Waals surface area contributed by atoms with E-state index in [2.05, 4.69) is 22.2 Å². The van der Waals surface area contributed by atoms with E-state index in [1.54, 1.807) is 18.2 Å². The summed E-state index contributed by atoms with van der Waals surface area (Å²) in [6.45, 7) is 0.727. The van der Waals surface area contributed by atoms with Crippen molar-refractivity contribution in [1.29, 1.82) is 0 Å². The zero-order chi connectivity index (χ0) is 15.1. The Morgan fingerprint density at radius 1 is 0.952 bits per heavy atom. The van der Waals surface area contributed by atoms with Crippen LogP contribution in [0.2, 0.25) is 0 Å². The van der Waals surface area contributed by atoms with Crippen LogP contribution in [0.15, 0.2) is 59.5 Å². The van der Waals surface area contributed by atoms with Gasteiger partial charge in [-0.05, 0) is 37.6 Å². The van der Waals surface area contributed by atoms with Gasteiger partial charge in [0.25, 0.3) is 0 Å². The number of nitrogens with one attached hydrogen (secondary N) is 2. The highest BCUT2D eigenvalue weighted by atomic mass is 32.2. The average molecular weight is 304 g/mol. The maximum Gasteiger partial charge on any atom is 0.242 e. The molecular formula is C16H20N2O2S. The van der Waals surface area contributed by atoms with Gasteiger partial charge in [0, 0.05) is 6.54 Å². The van der Waals surface area contributed by atoms with Crippen molar-refractivity contribution in [1.82, 2.24) is 4.72 Å². The molecule has 112 valence electrons. The molecule has 0 bridgehead atoms. The normalized spacial score (nSPS) is 11.3. The smallest absolute Gasteiger partial charge is 0.242 e.